The van der Waals surface area contributed by atoms with E-state index in [2.05, 4.69) is 16.7 Å². The number of ether oxygens (including phenoxy) is 3. The van der Waals surface area contributed by atoms with Crippen molar-refractivity contribution in [3.05, 3.63) is 59.2 Å². The lowest BCUT2D eigenvalue weighted by Gasteiger charge is -2.32. The standard InChI is InChI=1S/C38H58N6O10/c1-26(29-19-18-27(2)30(21-29)23-40-34(49)41(9)43(24-31(45)46)35(50)53-37(3,4)5)15-14-20-52-32(47)25-44(36(51)54-38(6,7)8)42(10)33(48)39-22-28-16-12-11-13-17-28/h11-13,16-17,19,21,26-27H,14-15,18,20,22-25H2,1-10H3,(H,39,48)(H,40,49)(H,45,46)/t26-,27?/m0/s1. The van der Waals surface area contributed by atoms with E-state index in [4.69, 9.17) is 14.2 Å². The van der Waals surface area contributed by atoms with Crippen LogP contribution in [0.2, 0.25) is 0 Å². The van der Waals surface area contributed by atoms with Crippen LogP contribution in [0.25, 0.3) is 0 Å². The largest absolute Gasteiger partial charge is 0.480 e. The van der Waals surface area contributed by atoms with E-state index < -0.39 is 60.5 Å². The van der Waals surface area contributed by atoms with Gasteiger partial charge in [0.15, 0.2) is 0 Å². The number of benzene rings is 1. The average Bonchev–Trinajstić information content (AvgIpc) is 3.07. The molecule has 300 valence electrons. The maximum atomic E-state index is 13.0. The van der Waals surface area contributed by atoms with E-state index in [9.17, 15) is 33.9 Å². The fourth-order valence-electron chi connectivity index (χ4n) is 5.10. The molecule has 1 aliphatic rings. The normalized spacial score (nSPS) is 14.7. The summed E-state index contributed by atoms with van der Waals surface area (Å²) in [6.07, 6.45) is 4.24. The maximum absolute atomic E-state index is 13.0. The molecule has 0 spiro atoms. The van der Waals surface area contributed by atoms with E-state index >= 15 is 0 Å². The molecule has 1 aromatic rings. The molecule has 0 aliphatic heterocycles. The van der Waals surface area contributed by atoms with Crippen LogP contribution in [-0.2, 0) is 30.3 Å². The Kier molecular flexibility index (Phi) is 16.8. The van der Waals surface area contributed by atoms with E-state index in [0.717, 1.165) is 43.2 Å². The first-order valence-corrected chi connectivity index (χ1v) is 17.9. The maximum Gasteiger partial charge on any atom is 0.429 e. The molecule has 3 N–H and O–H groups in total. The number of urea groups is 2. The Morgan fingerprint density at radius 3 is 1.87 bits per heavy atom. The van der Waals surface area contributed by atoms with E-state index in [0.29, 0.717) is 12.8 Å². The van der Waals surface area contributed by atoms with Crippen molar-refractivity contribution in [2.75, 3.05) is 40.3 Å². The van der Waals surface area contributed by atoms with Gasteiger partial charge in [-0.15, -0.1) is 0 Å². The molecule has 54 heavy (non-hydrogen) atoms. The van der Waals surface area contributed by atoms with Crippen LogP contribution in [0.3, 0.4) is 0 Å². The molecule has 16 nitrogen and oxygen atoms in total. The van der Waals surface area contributed by atoms with Crippen molar-refractivity contribution in [3.8, 4) is 0 Å². The minimum atomic E-state index is -1.31. The molecule has 0 heterocycles. The summed E-state index contributed by atoms with van der Waals surface area (Å²) in [6.45, 7) is 13.2. The third-order valence-electron chi connectivity index (χ3n) is 8.12. The van der Waals surface area contributed by atoms with Gasteiger partial charge in [0.2, 0.25) is 0 Å². The topological polar surface area (TPSA) is 187 Å². The summed E-state index contributed by atoms with van der Waals surface area (Å²) in [5.41, 5.74) is 1.10. The predicted molar refractivity (Wildman–Crippen MR) is 200 cm³/mol. The summed E-state index contributed by atoms with van der Waals surface area (Å²) in [7, 11) is 2.65. The van der Waals surface area contributed by atoms with Gasteiger partial charge in [-0.3, -0.25) is 9.59 Å². The number of allylic oxidation sites excluding steroid dienone is 3. The number of hydrogen-bond donors (Lipinski definition) is 3. The molecule has 0 aromatic heterocycles. The number of carbonyl (C=O) groups excluding carboxylic acids is 5. The number of carboxylic acid groups (broad SMARTS) is 1. The van der Waals surface area contributed by atoms with Gasteiger partial charge in [0.1, 0.15) is 24.3 Å². The number of amides is 6. The van der Waals surface area contributed by atoms with Gasteiger partial charge in [0.05, 0.1) is 6.61 Å². The molecule has 16 heteroatoms. The number of aliphatic carboxylic acids is 1. The second kappa shape index (κ2) is 20.3. The molecule has 1 unspecified atom stereocenters. The van der Waals surface area contributed by atoms with Gasteiger partial charge in [-0.05, 0) is 89.4 Å². The van der Waals surface area contributed by atoms with Crippen molar-refractivity contribution in [3.63, 3.8) is 0 Å². The fraction of sp³-hybridized carbons (Fsp3) is 0.579. The first kappa shape index (κ1) is 44.9. The number of hydrogen-bond acceptors (Lipinski definition) is 9. The van der Waals surface area contributed by atoms with Crippen molar-refractivity contribution >= 4 is 36.2 Å². The van der Waals surface area contributed by atoms with Gasteiger partial charge in [-0.2, -0.15) is 0 Å². The molecule has 0 saturated carbocycles. The van der Waals surface area contributed by atoms with Crippen molar-refractivity contribution < 1.29 is 48.1 Å². The van der Waals surface area contributed by atoms with Gasteiger partial charge in [0.25, 0.3) is 0 Å². The molecule has 2 rings (SSSR count). The van der Waals surface area contributed by atoms with Gasteiger partial charge in [-0.25, -0.2) is 39.2 Å². The van der Waals surface area contributed by atoms with Gasteiger partial charge in [-0.1, -0.05) is 56.3 Å². The lowest BCUT2D eigenvalue weighted by molar-refractivity contribution is -0.148. The quantitative estimate of drug-likeness (QED) is 0.0974. The number of esters is 1. The average molecular weight is 759 g/mol. The second-order valence-electron chi connectivity index (χ2n) is 15.1. The highest BCUT2D eigenvalue weighted by molar-refractivity contribution is 5.82. The fourth-order valence-corrected chi connectivity index (χ4v) is 5.10. The van der Waals surface area contributed by atoms with Crippen LogP contribution in [-0.4, -0.2) is 113 Å². The van der Waals surface area contributed by atoms with E-state index in [1.165, 1.54) is 14.1 Å². The molecular formula is C38H58N6O10. The third-order valence-corrected chi connectivity index (χ3v) is 8.12. The van der Waals surface area contributed by atoms with Crippen LogP contribution in [0.1, 0.15) is 80.2 Å². The second-order valence-corrected chi connectivity index (χ2v) is 15.1. The molecule has 0 fully saturated rings. The van der Waals surface area contributed by atoms with Crippen molar-refractivity contribution in [1.82, 2.24) is 30.7 Å². The first-order valence-electron chi connectivity index (χ1n) is 17.9. The summed E-state index contributed by atoms with van der Waals surface area (Å²) in [4.78, 5) is 75.8. The zero-order valence-corrected chi connectivity index (χ0v) is 33.3. The highest BCUT2D eigenvalue weighted by Gasteiger charge is 2.32. The molecule has 1 aromatic carbocycles. The Balaban J connectivity index is 1.94. The highest BCUT2D eigenvalue weighted by atomic mass is 16.6. The SMILES string of the molecule is CC1CC=C([C@@H](C)CCCOC(=O)CN(C(=O)OC(C)(C)C)N(C)C(=O)NCc2ccccc2)C=C1CNC(=O)N(C)N(CC(=O)O)C(=O)OC(C)(C)C. The number of hydrazine groups is 2. The van der Waals surface area contributed by atoms with Gasteiger partial charge < -0.3 is 30.0 Å². The third kappa shape index (κ3) is 15.8. The molecule has 0 bridgehead atoms. The molecule has 0 radical (unpaired) electrons. The summed E-state index contributed by atoms with van der Waals surface area (Å²) >= 11 is 0. The predicted octanol–water partition coefficient (Wildman–Crippen LogP) is 5.71. The van der Waals surface area contributed by atoms with E-state index in [1.807, 2.05) is 50.3 Å². The minimum absolute atomic E-state index is 0.0838. The zero-order chi connectivity index (χ0) is 40.8. The van der Waals surface area contributed by atoms with Crippen LogP contribution in [0.4, 0.5) is 19.2 Å². The number of carbonyl (C=O) groups is 6. The summed E-state index contributed by atoms with van der Waals surface area (Å²) in [5.74, 6) is -1.81. The van der Waals surface area contributed by atoms with E-state index in [-0.39, 0.29) is 31.5 Å². The Hall–Kier alpha value is -5.28. The molecule has 6 amide bonds. The zero-order valence-electron chi connectivity index (χ0n) is 33.3. The lowest BCUT2D eigenvalue weighted by Crippen LogP contribution is -2.54. The number of nitrogens with zero attached hydrogens (tertiary/aromatic N) is 4. The van der Waals surface area contributed by atoms with Crippen LogP contribution in [0.15, 0.2) is 53.6 Å². The van der Waals surface area contributed by atoms with Crippen LogP contribution in [0.5, 0.6) is 0 Å². The molecular weight excluding hydrogens is 700 g/mol. The Morgan fingerprint density at radius 1 is 0.833 bits per heavy atom. The summed E-state index contributed by atoms with van der Waals surface area (Å²) in [6, 6.07) is 7.96. The minimum Gasteiger partial charge on any atom is -0.480 e. The Labute approximate surface area is 318 Å². The van der Waals surface area contributed by atoms with Crippen molar-refractivity contribution in [2.24, 2.45) is 11.8 Å². The Bertz CT molecular complexity index is 1530. The first-order chi connectivity index (χ1) is 25.1. The van der Waals surface area contributed by atoms with Crippen LogP contribution in [0, 0.1) is 11.8 Å². The molecule has 1 aliphatic carbocycles. The lowest BCUT2D eigenvalue weighted by atomic mass is 9.84. The smallest absolute Gasteiger partial charge is 0.429 e. The Morgan fingerprint density at radius 2 is 1.35 bits per heavy atom. The summed E-state index contributed by atoms with van der Waals surface area (Å²) < 4.78 is 16.2. The van der Waals surface area contributed by atoms with E-state index in [1.54, 1.807) is 41.5 Å². The monoisotopic (exact) mass is 758 g/mol. The van der Waals surface area contributed by atoms with Crippen molar-refractivity contribution in [1.29, 1.82) is 0 Å². The van der Waals surface area contributed by atoms with Gasteiger partial charge in [0, 0.05) is 27.2 Å². The van der Waals surface area contributed by atoms with Crippen molar-refractivity contribution in [2.45, 2.75) is 92.4 Å². The molecule has 0 saturated heterocycles. The highest BCUT2D eigenvalue weighted by Crippen LogP contribution is 2.29. The summed E-state index contributed by atoms with van der Waals surface area (Å²) in [5, 5.41) is 18.3. The van der Waals surface area contributed by atoms with Gasteiger partial charge >= 0.3 is 36.2 Å². The molecule has 2 atom stereocenters. The van der Waals surface area contributed by atoms with Crippen LogP contribution < -0.4 is 10.6 Å². The number of nitrogens with one attached hydrogen (secondary N) is 2. The van der Waals surface area contributed by atoms with Crippen LogP contribution >= 0.6 is 0 Å². The number of carboxylic acids is 1. The number of rotatable bonds is 13.